The maximum Gasteiger partial charge on any atom is 0.193 e. The quantitative estimate of drug-likeness (QED) is 0.330. The van der Waals surface area contributed by atoms with Crippen LogP contribution >= 0.6 is 39.9 Å². The number of guanidine groups is 1. The number of piperidine rings is 1. The minimum absolute atomic E-state index is 0. The summed E-state index contributed by atoms with van der Waals surface area (Å²) in [5.74, 6) is 0.782. The van der Waals surface area contributed by atoms with Crippen LogP contribution in [-0.4, -0.2) is 64.4 Å². The second-order valence-electron chi connectivity index (χ2n) is 5.89. The summed E-state index contributed by atoms with van der Waals surface area (Å²) in [7, 11) is -1.58. The van der Waals surface area contributed by atoms with Crippen LogP contribution in [0.3, 0.4) is 0 Å². The van der Waals surface area contributed by atoms with E-state index in [1.54, 1.807) is 31.3 Å². The minimum atomic E-state index is -3.30. The fraction of sp³-hybridized carbons (Fsp3) is 0.588. The Kier molecular flexibility index (Phi) is 10.4. The molecule has 0 unspecified atom stereocenters. The van der Waals surface area contributed by atoms with Gasteiger partial charge in [0.25, 0.3) is 0 Å². The normalized spacial score (nSPS) is 16.3. The largest absolute Gasteiger partial charge is 0.378 e. The van der Waals surface area contributed by atoms with Gasteiger partial charge < -0.3 is 15.0 Å². The molecule has 26 heavy (non-hydrogen) atoms. The predicted molar refractivity (Wildman–Crippen MR) is 119 cm³/mol. The number of halogens is 2. The van der Waals surface area contributed by atoms with Crippen LogP contribution in [0.5, 0.6) is 0 Å². The van der Waals surface area contributed by atoms with Crippen LogP contribution in [0, 0.1) is 0 Å². The second-order valence-corrected chi connectivity index (χ2v) is 8.91. The summed E-state index contributed by atoms with van der Waals surface area (Å²) < 4.78 is 31.3. The molecule has 1 heterocycles. The topological polar surface area (TPSA) is 71.0 Å². The van der Waals surface area contributed by atoms with Gasteiger partial charge in [-0.05, 0) is 44.0 Å². The second kappa shape index (κ2) is 11.5. The van der Waals surface area contributed by atoms with Crippen LogP contribution < -0.4 is 5.32 Å². The van der Waals surface area contributed by atoms with E-state index in [0.29, 0.717) is 17.5 Å². The molecule has 1 aliphatic rings. The lowest BCUT2D eigenvalue weighted by atomic mass is 10.1. The first-order valence-corrected chi connectivity index (χ1v) is 11.0. The highest BCUT2D eigenvalue weighted by Gasteiger charge is 2.22. The number of hydrogen-bond acceptors (Lipinski definition) is 4. The molecule has 0 aliphatic carbocycles. The van der Waals surface area contributed by atoms with Crippen LogP contribution in [0.25, 0.3) is 0 Å². The number of nitrogens with zero attached hydrogens (tertiary/aromatic N) is 2. The van der Waals surface area contributed by atoms with E-state index in [2.05, 4.69) is 31.1 Å². The highest BCUT2D eigenvalue weighted by atomic mass is 127. The van der Waals surface area contributed by atoms with Crippen molar-refractivity contribution in [1.82, 2.24) is 10.2 Å². The fourth-order valence-corrected chi connectivity index (χ4v) is 4.28. The predicted octanol–water partition coefficient (Wildman–Crippen LogP) is 2.92. The highest BCUT2D eigenvalue weighted by molar-refractivity contribution is 14.0. The number of ether oxygens (including phenoxy) is 1. The zero-order valence-corrected chi connectivity index (χ0v) is 19.9. The van der Waals surface area contributed by atoms with Gasteiger partial charge in [0.05, 0.1) is 16.8 Å². The Morgan fingerprint density at radius 2 is 1.92 bits per heavy atom. The molecule has 0 radical (unpaired) electrons. The summed E-state index contributed by atoms with van der Waals surface area (Å²) >= 11 is 3.31. The first-order valence-electron chi connectivity index (χ1n) is 8.51. The Bertz CT molecular complexity index is 675. The van der Waals surface area contributed by atoms with Gasteiger partial charge in [-0.2, -0.15) is 0 Å². The molecule has 1 N–H and O–H groups in total. The van der Waals surface area contributed by atoms with E-state index in [0.717, 1.165) is 43.0 Å². The lowest BCUT2D eigenvalue weighted by Crippen LogP contribution is -2.47. The molecule has 148 valence electrons. The maximum atomic E-state index is 12.4. The number of benzene rings is 1. The van der Waals surface area contributed by atoms with Gasteiger partial charge in [-0.3, -0.25) is 4.99 Å². The Morgan fingerprint density at radius 1 is 1.31 bits per heavy atom. The van der Waals surface area contributed by atoms with Crippen molar-refractivity contribution in [3.8, 4) is 0 Å². The lowest BCUT2D eigenvalue weighted by molar-refractivity contribution is 0.0264. The van der Waals surface area contributed by atoms with E-state index in [-0.39, 0.29) is 29.7 Å². The monoisotopic (exact) mass is 559 g/mol. The molecule has 0 saturated carbocycles. The molecular weight excluding hydrogens is 533 g/mol. The van der Waals surface area contributed by atoms with E-state index < -0.39 is 9.84 Å². The number of nitrogens with one attached hydrogen (secondary N) is 1. The van der Waals surface area contributed by atoms with E-state index in [1.807, 2.05) is 6.92 Å². The van der Waals surface area contributed by atoms with Crippen LogP contribution in [0.4, 0.5) is 0 Å². The first-order chi connectivity index (χ1) is 12.0. The summed E-state index contributed by atoms with van der Waals surface area (Å²) in [4.78, 5) is 6.77. The smallest absolute Gasteiger partial charge is 0.193 e. The first kappa shape index (κ1) is 23.6. The fourth-order valence-electron chi connectivity index (χ4n) is 2.86. The lowest BCUT2D eigenvalue weighted by Gasteiger charge is -2.34. The zero-order chi connectivity index (χ0) is 18.3. The molecule has 0 amide bonds. The molecule has 1 aliphatic heterocycles. The van der Waals surface area contributed by atoms with Crippen LogP contribution in [0.15, 0.2) is 38.6 Å². The van der Waals surface area contributed by atoms with Crippen molar-refractivity contribution in [2.45, 2.75) is 30.8 Å². The van der Waals surface area contributed by atoms with E-state index in [1.165, 1.54) is 0 Å². The summed E-state index contributed by atoms with van der Waals surface area (Å²) in [5.41, 5.74) is 0. The van der Waals surface area contributed by atoms with Crippen LogP contribution in [-0.2, 0) is 14.6 Å². The van der Waals surface area contributed by atoms with Gasteiger partial charge in [-0.15, -0.1) is 24.0 Å². The number of rotatable bonds is 6. The highest BCUT2D eigenvalue weighted by Crippen LogP contribution is 2.16. The molecule has 1 aromatic carbocycles. The van der Waals surface area contributed by atoms with E-state index in [9.17, 15) is 8.42 Å². The molecule has 0 spiro atoms. The third kappa shape index (κ3) is 6.97. The van der Waals surface area contributed by atoms with Gasteiger partial charge in [-0.1, -0.05) is 15.9 Å². The van der Waals surface area contributed by atoms with Crippen molar-refractivity contribution in [2.24, 2.45) is 4.99 Å². The standard InChI is InChI=1S/C17H26BrN3O3S.HI/c1-3-24-15-8-11-21(12-9-15)17(19-2)20-10-13-25(22,23)16-6-4-14(18)5-7-16;/h4-7,15H,3,8-13H2,1-2H3,(H,19,20);1H. The Hall–Kier alpha value is -0.390. The van der Waals surface area contributed by atoms with Crippen molar-refractivity contribution in [1.29, 1.82) is 0 Å². The zero-order valence-electron chi connectivity index (χ0n) is 15.2. The maximum absolute atomic E-state index is 12.4. The molecule has 6 nitrogen and oxygen atoms in total. The molecule has 0 bridgehead atoms. The molecule has 9 heteroatoms. The van der Waals surface area contributed by atoms with Gasteiger partial charge in [0.2, 0.25) is 0 Å². The number of sulfone groups is 1. The van der Waals surface area contributed by atoms with Crippen molar-refractivity contribution < 1.29 is 13.2 Å². The molecule has 1 fully saturated rings. The Balaban J connectivity index is 0.00000338. The number of aliphatic imine (C=N–C) groups is 1. The van der Waals surface area contributed by atoms with Gasteiger partial charge in [-0.25, -0.2) is 8.42 Å². The van der Waals surface area contributed by atoms with Gasteiger partial charge in [0.1, 0.15) is 0 Å². The minimum Gasteiger partial charge on any atom is -0.378 e. The van der Waals surface area contributed by atoms with Gasteiger partial charge in [0, 0.05) is 37.8 Å². The Labute approximate surface area is 181 Å². The average molecular weight is 560 g/mol. The third-order valence-electron chi connectivity index (χ3n) is 4.18. The number of hydrogen-bond donors (Lipinski definition) is 1. The number of likely N-dealkylation sites (tertiary alicyclic amines) is 1. The average Bonchev–Trinajstić information content (AvgIpc) is 2.60. The van der Waals surface area contributed by atoms with Crippen molar-refractivity contribution in [2.75, 3.05) is 39.0 Å². The van der Waals surface area contributed by atoms with Crippen molar-refractivity contribution >= 4 is 55.7 Å². The molecular formula is C17H27BrIN3O3S. The molecule has 2 rings (SSSR count). The van der Waals surface area contributed by atoms with Gasteiger partial charge >= 0.3 is 0 Å². The summed E-state index contributed by atoms with van der Waals surface area (Å²) in [6, 6.07) is 6.71. The van der Waals surface area contributed by atoms with E-state index >= 15 is 0 Å². The Morgan fingerprint density at radius 3 is 2.46 bits per heavy atom. The van der Waals surface area contributed by atoms with Gasteiger partial charge in [0.15, 0.2) is 15.8 Å². The van der Waals surface area contributed by atoms with Crippen molar-refractivity contribution in [3.63, 3.8) is 0 Å². The summed E-state index contributed by atoms with van der Waals surface area (Å²) in [5, 5.41) is 3.17. The SMILES string of the molecule is CCOC1CCN(C(=NC)NCCS(=O)(=O)c2ccc(Br)cc2)CC1.I. The van der Waals surface area contributed by atoms with Crippen LogP contribution in [0.2, 0.25) is 0 Å². The summed E-state index contributed by atoms with van der Waals surface area (Å²) in [6.07, 6.45) is 2.24. The van der Waals surface area contributed by atoms with Crippen molar-refractivity contribution in [3.05, 3.63) is 28.7 Å². The van der Waals surface area contributed by atoms with Crippen LogP contribution in [0.1, 0.15) is 19.8 Å². The summed E-state index contributed by atoms with van der Waals surface area (Å²) in [6.45, 7) is 4.81. The molecule has 0 aromatic heterocycles. The van der Waals surface area contributed by atoms with E-state index in [4.69, 9.17) is 4.74 Å². The third-order valence-corrected chi connectivity index (χ3v) is 6.44. The molecule has 1 aromatic rings. The molecule has 0 atom stereocenters. The molecule has 1 saturated heterocycles.